The highest BCUT2D eigenvalue weighted by Crippen LogP contribution is 2.31. The third-order valence-electron chi connectivity index (χ3n) is 6.85. The van der Waals surface area contributed by atoms with Crippen LogP contribution >= 0.6 is 0 Å². The van der Waals surface area contributed by atoms with Gasteiger partial charge in [-0.2, -0.15) is 4.31 Å². The lowest BCUT2D eigenvalue weighted by atomic mass is 9.99. The minimum Gasteiger partial charge on any atom is -0.497 e. The van der Waals surface area contributed by atoms with Crippen molar-refractivity contribution in [1.29, 1.82) is 0 Å². The Kier molecular flexibility index (Phi) is 9.20. The zero-order valence-corrected chi connectivity index (χ0v) is 24.0. The van der Waals surface area contributed by atoms with Crippen molar-refractivity contribution in [2.75, 3.05) is 39.2 Å². The van der Waals surface area contributed by atoms with Gasteiger partial charge in [0.1, 0.15) is 30.5 Å². The summed E-state index contributed by atoms with van der Waals surface area (Å²) in [5, 5.41) is 23.2. The van der Waals surface area contributed by atoms with Crippen LogP contribution in [0.1, 0.15) is 24.2 Å². The first-order valence-corrected chi connectivity index (χ1v) is 14.3. The van der Waals surface area contributed by atoms with Crippen LogP contribution in [0.15, 0.2) is 53.7 Å². The number of likely N-dealkylation sites (N-methyl/N-ethyl adjacent to an activating group) is 1. The number of benzene rings is 2. The summed E-state index contributed by atoms with van der Waals surface area (Å²) in [7, 11) is -0.888. The van der Waals surface area contributed by atoms with Crippen molar-refractivity contribution in [3.05, 3.63) is 54.4 Å². The zero-order chi connectivity index (χ0) is 29.7. The monoisotopic (exact) mass is 587 g/mol. The molecule has 0 unspecified atom stereocenters. The second-order valence-electron chi connectivity index (χ2n) is 9.85. The predicted octanol–water partition coefficient (Wildman–Crippen LogP) is 0.861. The van der Waals surface area contributed by atoms with E-state index in [-0.39, 0.29) is 54.3 Å². The normalized spacial score (nSPS) is 18.2. The highest BCUT2D eigenvalue weighted by Gasteiger charge is 2.35. The molecule has 1 aromatic heterocycles. The minimum atomic E-state index is -3.86. The quantitative estimate of drug-likeness (QED) is 0.347. The molecule has 3 aromatic rings. The van der Waals surface area contributed by atoms with Crippen molar-refractivity contribution < 1.29 is 32.6 Å². The molecular weight excluding hydrogens is 554 g/mol. The average molecular weight is 588 g/mol. The van der Waals surface area contributed by atoms with Crippen LogP contribution in [0.2, 0.25) is 0 Å². The molecule has 2 aromatic carbocycles. The molecule has 2 N–H and O–H groups in total. The summed E-state index contributed by atoms with van der Waals surface area (Å²) in [6.07, 6.45) is 0.659. The molecule has 0 aliphatic carbocycles. The Morgan fingerprint density at radius 3 is 2.63 bits per heavy atom. The molecule has 3 atom stereocenters. The Balaban J connectivity index is 1.61. The molecule has 0 bridgehead atoms. The molecule has 2 heterocycles. The first-order valence-electron chi connectivity index (χ1n) is 12.9. The predicted molar refractivity (Wildman–Crippen MR) is 147 cm³/mol. The fraction of sp³-hybridized carbons (Fsp3) is 0.423. The first-order chi connectivity index (χ1) is 19.5. The molecule has 2 amide bonds. The Morgan fingerprint density at radius 2 is 2.00 bits per heavy atom. The van der Waals surface area contributed by atoms with Crippen molar-refractivity contribution >= 4 is 27.5 Å². The van der Waals surface area contributed by atoms with Crippen LogP contribution in [0.25, 0.3) is 0 Å². The van der Waals surface area contributed by atoms with Gasteiger partial charge in [-0.1, -0.05) is 6.92 Å². The number of aromatic nitrogens is 4. The smallest absolute Gasteiger partial charge is 0.258 e. The van der Waals surface area contributed by atoms with Gasteiger partial charge in [0.05, 0.1) is 36.8 Å². The molecule has 4 rings (SSSR count). The van der Waals surface area contributed by atoms with E-state index >= 15 is 0 Å². The molecule has 1 aliphatic rings. The maximum Gasteiger partial charge on any atom is 0.258 e. The summed E-state index contributed by atoms with van der Waals surface area (Å²) in [6.45, 7) is 3.39. The number of carbonyl (C=O) groups is 2. The largest absolute Gasteiger partial charge is 0.497 e. The number of methoxy groups -OCH3 is 1. The number of rotatable bonds is 10. The van der Waals surface area contributed by atoms with E-state index in [1.165, 1.54) is 52.6 Å². The van der Waals surface area contributed by atoms with Gasteiger partial charge in [0.15, 0.2) is 0 Å². The number of tetrazole rings is 1. The summed E-state index contributed by atoms with van der Waals surface area (Å²) in [5.41, 5.74) is 0.517. The van der Waals surface area contributed by atoms with Gasteiger partial charge in [0.25, 0.3) is 5.91 Å². The van der Waals surface area contributed by atoms with Gasteiger partial charge in [-0.05, 0) is 59.8 Å². The minimum absolute atomic E-state index is 0.00503. The Bertz CT molecular complexity index is 1470. The summed E-state index contributed by atoms with van der Waals surface area (Å²) in [6, 6.07) is 10.2. The van der Waals surface area contributed by atoms with E-state index in [0.717, 1.165) is 0 Å². The lowest BCUT2D eigenvalue weighted by molar-refractivity contribution is -0.116. The first kappa shape index (κ1) is 29.9. The lowest BCUT2D eigenvalue weighted by Gasteiger charge is -2.38. The molecule has 0 spiro atoms. The van der Waals surface area contributed by atoms with Crippen LogP contribution in [0.4, 0.5) is 5.69 Å². The number of hydrogen-bond acceptors (Lipinski definition) is 10. The number of nitrogens with zero attached hydrogens (tertiary/aromatic N) is 6. The molecule has 0 fully saturated rings. The van der Waals surface area contributed by atoms with E-state index in [0.29, 0.717) is 11.4 Å². The van der Waals surface area contributed by atoms with E-state index in [4.69, 9.17) is 9.47 Å². The Hall–Kier alpha value is -4.08. The van der Waals surface area contributed by atoms with Gasteiger partial charge in [0.2, 0.25) is 15.9 Å². The third-order valence-corrected chi connectivity index (χ3v) is 8.69. The van der Waals surface area contributed by atoms with Crippen LogP contribution in [0, 0.1) is 5.92 Å². The lowest BCUT2D eigenvalue weighted by Crippen LogP contribution is -2.50. The standard InChI is InChI=1S/C26H33N7O7S/c1-17-12-33(18(2)15-34)26(36)22-11-19(28-25(35)14-32-16-27-29-30-32)5-10-23(22)40-24(17)13-31(3)41(37,38)21-8-6-20(39-4)7-9-21/h5-11,16-18,24,34H,12-15H2,1-4H3,(H,28,35)/t17-,18+,24-/m0/s1. The number of sulfonamides is 1. The van der Waals surface area contributed by atoms with Gasteiger partial charge in [-0.3, -0.25) is 9.59 Å². The number of ether oxygens (including phenoxy) is 2. The fourth-order valence-corrected chi connectivity index (χ4v) is 5.58. The molecule has 220 valence electrons. The van der Waals surface area contributed by atoms with E-state index in [2.05, 4.69) is 20.8 Å². The Morgan fingerprint density at radius 1 is 1.27 bits per heavy atom. The highest BCUT2D eigenvalue weighted by atomic mass is 32.2. The molecule has 14 nitrogen and oxygen atoms in total. The molecule has 0 radical (unpaired) electrons. The number of amides is 2. The number of fused-ring (bicyclic) bond motifs is 1. The second-order valence-corrected chi connectivity index (χ2v) is 11.9. The van der Waals surface area contributed by atoms with E-state index in [1.807, 2.05) is 6.92 Å². The van der Waals surface area contributed by atoms with Crippen molar-refractivity contribution in [2.24, 2.45) is 5.92 Å². The maximum absolute atomic E-state index is 13.6. The van der Waals surface area contributed by atoms with Gasteiger partial charge in [-0.15, -0.1) is 5.10 Å². The van der Waals surface area contributed by atoms with Gasteiger partial charge >= 0.3 is 0 Å². The van der Waals surface area contributed by atoms with Crippen LogP contribution in [0.5, 0.6) is 11.5 Å². The van der Waals surface area contributed by atoms with Crippen molar-refractivity contribution in [3.8, 4) is 11.5 Å². The number of hydrogen-bond donors (Lipinski definition) is 2. The van der Waals surface area contributed by atoms with E-state index in [9.17, 15) is 23.1 Å². The average Bonchev–Trinajstić information content (AvgIpc) is 3.47. The summed E-state index contributed by atoms with van der Waals surface area (Å²) < 4.78 is 40.5. The van der Waals surface area contributed by atoms with Crippen molar-refractivity contribution in [2.45, 2.75) is 37.4 Å². The summed E-state index contributed by atoms with van der Waals surface area (Å²) in [4.78, 5) is 27.7. The number of aliphatic hydroxyl groups is 1. The third kappa shape index (κ3) is 6.81. The maximum atomic E-state index is 13.6. The summed E-state index contributed by atoms with van der Waals surface area (Å²) in [5.74, 6) is -0.328. The highest BCUT2D eigenvalue weighted by molar-refractivity contribution is 7.89. The fourth-order valence-electron chi connectivity index (χ4n) is 4.40. The zero-order valence-electron chi connectivity index (χ0n) is 23.2. The van der Waals surface area contributed by atoms with Crippen LogP contribution in [-0.2, 0) is 21.4 Å². The van der Waals surface area contributed by atoms with Crippen molar-refractivity contribution in [3.63, 3.8) is 0 Å². The van der Waals surface area contributed by atoms with E-state index < -0.39 is 28.1 Å². The van der Waals surface area contributed by atoms with Crippen LogP contribution in [0.3, 0.4) is 0 Å². The van der Waals surface area contributed by atoms with Crippen molar-refractivity contribution in [1.82, 2.24) is 29.4 Å². The molecule has 0 saturated heterocycles. The summed E-state index contributed by atoms with van der Waals surface area (Å²) >= 11 is 0. The second kappa shape index (κ2) is 12.6. The number of carbonyl (C=O) groups excluding carboxylic acids is 2. The van der Waals surface area contributed by atoms with Gasteiger partial charge < -0.3 is 24.8 Å². The Labute approximate surface area is 237 Å². The molecular formula is C26H33N7O7S. The van der Waals surface area contributed by atoms with Gasteiger partial charge in [-0.25, -0.2) is 13.1 Å². The molecule has 41 heavy (non-hydrogen) atoms. The molecule has 15 heteroatoms. The van der Waals surface area contributed by atoms with E-state index in [1.54, 1.807) is 31.2 Å². The topological polar surface area (TPSA) is 169 Å². The number of anilines is 1. The molecule has 0 saturated carbocycles. The number of nitrogens with one attached hydrogen (secondary N) is 1. The van der Waals surface area contributed by atoms with Gasteiger partial charge in [0, 0.05) is 25.2 Å². The van der Waals surface area contributed by atoms with Crippen LogP contribution in [-0.4, -0.2) is 101 Å². The van der Waals surface area contributed by atoms with Crippen LogP contribution < -0.4 is 14.8 Å². The molecule has 1 aliphatic heterocycles. The SMILES string of the molecule is COc1ccc(S(=O)(=O)N(C)C[C@@H]2Oc3ccc(NC(=O)Cn4cnnn4)cc3C(=O)N([C@H](C)CO)C[C@@H]2C)cc1. The number of aliphatic hydroxyl groups excluding tert-OH is 1.